The van der Waals surface area contributed by atoms with Crippen LogP contribution in [-0.4, -0.2) is 20.3 Å². The molecule has 0 aliphatic heterocycles. The minimum Gasteiger partial charge on any atom is -0.385 e. The van der Waals surface area contributed by atoms with Gasteiger partial charge < -0.3 is 5.11 Å². The molecule has 0 spiro atoms. The number of hydrogen-bond donors (Lipinski definition) is 2. The number of nitrogens with zero attached hydrogens (tertiary/aromatic N) is 2. The van der Waals surface area contributed by atoms with Crippen LogP contribution < -0.4 is 0 Å². The molecular weight excluding hydrogens is 118 g/mol. The van der Waals surface area contributed by atoms with E-state index in [1.54, 1.807) is 13.8 Å². The van der Waals surface area contributed by atoms with Crippen LogP contribution in [0.3, 0.4) is 0 Å². The fraction of sp³-hybridized carbons (Fsp3) is 0.600. The molecule has 0 radical (unpaired) electrons. The number of aromatic amines is 1. The summed E-state index contributed by atoms with van der Waals surface area (Å²) < 4.78 is 0. The smallest absolute Gasteiger partial charge is 0.178 e. The summed E-state index contributed by atoms with van der Waals surface area (Å²) in [6.07, 6.45) is -0.574. The van der Waals surface area contributed by atoms with Gasteiger partial charge in [-0.25, -0.2) is 4.98 Å². The molecule has 4 nitrogen and oxygen atoms in total. The molecule has 0 aliphatic carbocycles. The van der Waals surface area contributed by atoms with Gasteiger partial charge in [-0.2, -0.15) is 5.10 Å². The van der Waals surface area contributed by atoms with Crippen LogP contribution in [0.25, 0.3) is 0 Å². The molecule has 1 heterocycles. The van der Waals surface area contributed by atoms with Gasteiger partial charge in [-0.05, 0) is 13.8 Å². The number of aliphatic hydroxyl groups is 1. The van der Waals surface area contributed by atoms with E-state index in [1.165, 1.54) is 0 Å². The van der Waals surface area contributed by atoms with Crippen LogP contribution in [0.4, 0.5) is 0 Å². The Morgan fingerprint density at radius 1 is 1.67 bits per heavy atom. The van der Waals surface area contributed by atoms with Crippen molar-refractivity contribution in [2.75, 3.05) is 0 Å². The fourth-order valence-electron chi connectivity index (χ4n) is 0.547. The third kappa shape index (κ3) is 1.26. The highest BCUT2D eigenvalue weighted by molar-refractivity contribution is 4.89. The normalized spacial score (nSPS) is 13.7. The van der Waals surface area contributed by atoms with Crippen molar-refractivity contribution < 1.29 is 5.11 Å². The van der Waals surface area contributed by atoms with Crippen molar-refractivity contribution in [1.29, 1.82) is 0 Å². The van der Waals surface area contributed by atoms with Gasteiger partial charge in [-0.15, -0.1) is 0 Å². The lowest BCUT2D eigenvalue weighted by Crippen LogP contribution is -1.92. The summed E-state index contributed by atoms with van der Waals surface area (Å²) in [5.41, 5.74) is 0. The third-order valence-corrected chi connectivity index (χ3v) is 0.988. The maximum atomic E-state index is 8.89. The lowest BCUT2D eigenvalue weighted by molar-refractivity contribution is 0.189. The number of nitrogens with one attached hydrogen (secondary N) is 1. The molecule has 1 rings (SSSR count). The maximum Gasteiger partial charge on any atom is 0.178 e. The van der Waals surface area contributed by atoms with Crippen LogP contribution in [0.1, 0.15) is 24.7 Å². The highest BCUT2D eigenvalue weighted by atomic mass is 16.3. The van der Waals surface area contributed by atoms with Crippen LogP contribution in [-0.2, 0) is 0 Å². The number of aromatic nitrogens is 3. The lowest BCUT2D eigenvalue weighted by Gasteiger charge is -1.92. The molecule has 1 aromatic heterocycles. The summed E-state index contributed by atoms with van der Waals surface area (Å²) in [6, 6.07) is 0. The van der Waals surface area contributed by atoms with E-state index in [0.29, 0.717) is 5.82 Å². The van der Waals surface area contributed by atoms with Crippen LogP contribution in [0.5, 0.6) is 0 Å². The van der Waals surface area contributed by atoms with E-state index in [4.69, 9.17) is 5.11 Å². The van der Waals surface area contributed by atoms with Crippen molar-refractivity contribution >= 4 is 0 Å². The molecule has 2 N–H and O–H groups in total. The van der Waals surface area contributed by atoms with E-state index < -0.39 is 6.10 Å². The molecule has 50 valence electrons. The van der Waals surface area contributed by atoms with Crippen molar-refractivity contribution in [3.05, 3.63) is 11.6 Å². The van der Waals surface area contributed by atoms with E-state index in [2.05, 4.69) is 15.2 Å². The summed E-state index contributed by atoms with van der Waals surface area (Å²) in [4.78, 5) is 3.89. The highest BCUT2D eigenvalue weighted by Crippen LogP contribution is 2.02. The molecule has 0 bridgehead atoms. The lowest BCUT2D eigenvalue weighted by atomic mass is 10.4. The van der Waals surface area contributed by atoms with Gasteiger partial charge in [0, 0.05) is 0 Å². The van der Waals surface area contributed by atoms with Gasteiger partial charge in [-0.3, -0.25) is 5.10 Å². The van der Waals surface area contributed by atoms with Gasteiger partial charge >= 0.3 is 0 Å². The van der Waals surface area contributed by atoms with Crippen LogP contribution in [0.2, 0.25) is 0 Å². The average molecular weight is 127 g/mol. The first kappa shape index (κ1) is 6.22. The predicted octanol–water partition coefficient (Wildman–Crippen LogP) is 0.166. The van der Waals surface area contributed by atoms with Crippen molar-refractivity contribution in [1.82, 2.24) is 15.2 Å². The summed E-state index contributed by atoms with van der Waals surface area (Å²) in [5.74, 6) is 1.18. The Hall–Kier alpha value is -0.900. The molecule has 0 unspecified atom stereocenters. The number of aryl methyl sites for hydroxylation is 1. The van der Waals surface area contributed by atoms with Gasteiger partial charge in [0.15, 0.2) is 5.82 Å². The Labute approximate surface area is 52.9 Å². The van der Waals surface area contributed by atoms with E-state index in [-0.39, 0.29) is 0 Å². The molecule has 1 atom stereocenters. The molecule has 0 aromatic carbocycles. The monoisotopic (exact) mass is 127 g/mol. The second kappa shape index (κ2) is 2.14. The van der Waals surface area contributed by atoms with Gasteiger partial charge in [0.1, 0.15) is 11.9 Å². The van der Waals surface area contributed by atoms with E-state index in [1.807, 2.05) is 0 Å². The van der Waals surface area contributed by atoms with E-state index in [9.17, 15) is 0 Å². The Morgan fingerprint density at radius 2 is 2.33 bits per heavy atom. The molecule has 0 saturated carbocycles. The fourth-order valence-corrected chi connectivity index (χ4v) is 0.547. The Morgan fingerprint density at radius 3 is 2.56 bits per heavy atom. The third-order valence-electron chi connectivity index (χ3n) is 0.988. The van der Waals surface area contributed by atoms with E-state index >= 15 is 0 Å². The zero-order chi connectivity index (χ0) is 6.85. The topological polar surface area (TPSA) is 61.8 Å². The van der Waals surface area contributed by atoms with Crippen molar-refractivity contribution in [2.45, 2.75) is 20.0 Å². The average Bonchev–Trinajstić information content (AvgIpc) is 2.14. The molecule has 0 aliphatic rings. The largest absolute Gasteiger partial charge is 0.385 e. The van der Waals surface area contributed by atoms with Gasteiger partial charge in [0.25, 0.3) is 0 Å². The highest BCUT2D eigenvalue weighted by Gasteiger charge is 2.04. The first-order valence-electron chi connectivity index (χ1n) is 2.77. The van der Waals surface area contributed by atoms with Gasteiger partial charge in [-0.1, -0.05) is 0 Å². The Balaban J connectivity index is 2.85. The molecule has 0 amide bonds. The summed E-state index contributed by atoms with van der Waals surface area (Å²) >= 11 is 0. The van der Waals surface area contributed by atoms with Crippen molar-refractivity contribution in [3.63, 3.8) is 0 Å². The minimum atomic E-state index is -0.574. The van der Waals surface area contributed by atoms with Gasteiger partial charge in [0.2, 0.25) is 0 Å². The van der Waals surface area contributed by atoms with Gasteiger partial charge in [0.05, 0.1) is 0 Å². The summed E-state index contributed by atoms with van der Waals surface area (Å²) in [6.45, 7) is 3.42. The van der Waals surface area contributed by atoms with Crippen LogP contribution in [0.15, 0.2) is 0 Å². The zero-order valence-electron chi connectivity index (χ0n) is 5.42. The molecule has 0 fully saturated rings. The summed E-state index contributed by atoms with van der Waals surface area (Å²) in [5, 5.41) is 15.3. The molecule has 0 saturated heterocycles. The molecule has 9 heavy (non-hydrogen) atoms. The van der Waals surface area contributed by atoms with Crippen molar-refractivity contribution in [2.24, 2.45) is 0 Å². The standard InChI is InChI=1S/C5H9N3O/c1-3(9)5-6-4(2)7-8-5/h3,9H,1-2H3,(H,6,7,8)/t3-/m0/s1. The second-order valence-electron chi connectivity index (χ2n) is 1.95. The number of hydrogen-bond acceptors (Lipinski definition) is 3. The number of aliphatic hydroxyl groups excluding tert-OH is 1. The first-order valence-corrected chi connectivity index (χ1v) is 2.77. The maximum absolute atomic E-state index is 8.89. The van der Waals surface area contributed by atoms with Crippen LogP contribution in [0, 0.1) is 6.92 Å². The van der Waals surface area contributed by atoms with Crippen LogP contribution >= 0.6 is 0 Å². The molecule has 1 aromatic rings. The number of H-pyrrole nitrogens is 1. The Bertz CT molecular complexity index is 194. The predicted molar refractivity (Wildman–Crippen MR) is 31.8 cm³/mol. The molecule has 4 heteroatoms. The SMILES string of the molecule is Cc1nc([C@H](C)O)n[nH]1. The second-order valence-corrected chi connectivity index (χ2v) is 1.95. The first-order chi connectivity index (χ1) is 4.20. The van der Waals surface area contributed by atoms with Crippen molar-refractivity contribution in [3.8, 4) is 0 Å². The summed E-state index contributed by atoms with van der Waals surface area (Å²) in [7, 11) is 0. The molecular formula is C5H9N3O. The zero-order valence-corrected chi connectivity index (χ0v) is 5.42. The number of rotatable bonds is 1. The quantitative estimate of drug-likeness (QED) is 0.565. The van der Waals surface area contributed by atoms with E-state index in [0.717, 1.165) is 5.82 Å². The Kier molecular flexibility index (Phi) is 1.48. The minimum absolute atomic E-state index is 0.451.